The molecule has 0 bridgehead atoms. The number of imidazole rings is 1. The molecule has 0 fully saturated rings. The lowest BCUT2D eigenvalue weighted by Gasteiger charge is -2.04. The number of aromatic nitrogens is 2. The van der Waals surface area contributed by atoms with E-state index in [0.717, 1.165) is 16.8 Å². The number of halogens is 1. The van der Waals surface area contributed by atoms with Crippen molar-refractivity contribution in [1.82, 2.24) is 9.97 Å². The largest absolute Gasteiger partial charge is 0.398 e. The molecule has 19 heavy (non-hydrogen) atoms. The molecule has 0 aliphatic carbocycles. The van der Waals surface area contributed by atoms with E-state index in [2.05, 4.69) is 9.97 Å². The van der Waals surface area contributed by atoms with E-state index in [9.17, 15) is 0 Å². The molecule has 1 heterocycles. The zero-order valence-electron chi connectivity index (χ0n) is 10.1. The first-order chi connectivity index (χ1) is 9.25. The third-order valence-electron chi connectivity index (χ3n) is 2.94. The quantitative estimate of drug-likeness (QED) is 0.692. The first-order valence-corrected chi connectivity index (χ1v) is 6.28. The maximum Gasteiger partial charge on any atom is 0.141 e. The molecule has 3 N–H and O–H groups in total. The van der Waals surface area contributed by atoms with Crippen LogP contribution in [0.1, 0.15) is 0 Å². The molecule has 0 unspecified atom stereocenters. The van der Waals surface area contributed by atoms with E-state index in [1.54, 1.807) is 12.3 Å². The molecule has 94 valence electrons. The van der Waals surface area contributed by atoms with Gasteiger partial charge in [0.25, 0.3) is 0 Å². The number of nitrogen functional groups attached to an aromatic ring is 1. The fourth-order valence-corrected chi connectivity index (χ4v) is 2.27. The molecule has 2 aromatic carbocycles. The number of nitrogens with one attached hydrogen (secondary N) is 1. The van der Waals surface area contributed by atoms with Crippen LogP contribution >= 0.6 is 11.6 Å². The molecule has 0 radical (unpaired) electrons. The average molecular weight is 270 g/mol. The average Bonchev–Trinajstić information content (AvgIpc) is 2.89. The molecule has 0 amide bonds. The van der Waals surface area contributed by atoms with Crippen LogP contribution in [0.25, 0.3) is 22.6 Å². The Morgan fingerprint density at radius 3 is 2.53 bits per heavy atom. The van der Waals surface area contributed by atoms with Crippen LogP contribution < -0.4 is 5.73 Å². The Morgan fingerprint density at radius 1 is 1.00 bits per heavy atom. The highest BCUT2D eigenvalue weighted by atomic mass is 35.5. The van der Waals surface area contributed by atoms with Crippen LogP contribution in [0.4, 0.5) is 5.69 Å². The van der Waals surface area contributed by atoms with Crippen LogP contribution in [0.15, 0.2) is 54.7 Å². The molecule has 3 rings (SSSR count). The third kappa shape index (κ3) is 2.20. The number of nitrogens with zero attached hydrogens (tertiary/aromatic N) is 1. The van der Waals surface area contributed by atoms with Gasteiger partial charge in [-0.25, -0.2) is 4.98 Å². The molecule has 0 saturated heterocycles. The molecule has 3 aromatic rings. The van der Waals surface area contributed by atoms with Crippen LogP contribution in [-0.4, -0.2) is 9.97 Å². The van der Waals surface area contributed by atoms with Gasteiger partial charge >= 0.3 is 0 Å². The molecule has 0 saturated carbocycles. The molecule has 1 aromatic heterocycles. The first kappa shape index (κ1) is 11.8. The number of anilines is 1. The van der Waals surface area contributed by atoms with Gasteiger partial charge in [0.05, 0.1) is 22.5 Å². The molecule has 0 aliphatic heterocycles. The molecular weight excluding hydrogens is 258 g/mol. The van der Waals surface area contributed by atoms with E-state index >= 15 is 0 Å². The van der Waals surface area contributed by atoms with Gasteiger partial charge in [0.2, 0.25) is 0 Å². The minimum Gasteiger partial charge on any atom is -0.398 e. The van der Waals surface area contributed by atoms with E-state index in [1.165, 1.54) is 0 Å². The predicted octanol–water partition coefficient (Wildman–Crippen LogP) is 3.98. The summed E-state index contributed by atoms with van der Waals surface area (Å²) in [6, 6.07) is 15.4. The lowest BCUT2D eigenvalue weighted by Crippen LogP contribution is -1.92. The number of nitrogens with two attached hydrogens (primary N) is 1. The maximum absolute atomic E-state index is 6.18. The van der Waals surface area contributed by atoms with Crippen molar-refractivity contribution in [3.63, 3.8) is 0 Å². The Morgan fingerprint density at radius 2 is 1.79 bits per heavy atom. The Hall–Kier alpha value is -2.26. The summed E-state index contributed by atoms with van der Waals surface area (Å²) in [5.41, 5.74) is 9.33. The van der Waals surface area contributed by atoms with Gasteiger partial charge in [-0.2, -0.15) is 0 Å². The highest BCUT2D eigenvalue weighted by molar-refractivity contribution is 6.33. The minimum atomic E-state index is 0.592. The number of hydrogen-bond acceptors (Lipinski definition) is 2. The second-order valence-electron chi connectivity index (χ2n) is 4.22. The summed E-state index contributed by atoms with van der Waals surface area (Å²) >= 11 is 6.18. The van der Waals surface area contributed by atoms with Crippen molar-refractivity contribution in [3.05, 3.63) is 59.8 Å². The normalized spacial score (nSPS) is 10.6. The topological polar surface area (TPSA) is 54.7 Å². The standard InChI is InChI=1S/C15H12ClN3/c16-11-7-4-8-12(17)14(11)15-18-9-13(19-15)10-5-2-1-3-6-10/h1-9H,17H2,(H,18,19). The van der Waals surface area contributed by atoms with E-state index in [1.807, 2.05) is 42.5 Å². The lowest BCUT2D eigenvalue weighted by atomic mass is 10.1. The monoisotopic (exact) mass is 269 g/mol. The Labute approximate surface area is 116 Å². The Kier molecular flexibility index (Phi) is 2.97. The SMILES string of the molecule is Nc1cccc(Cl)c1-c1ncc(-c2ccccc2)[nH]1. The number of benzene rings is 2. The molecular formula is C15H12ClN3. The van der Waals surface area contributed by atoms with E-state index in [4.69, 9.17) is 17.3 Å². The van der Waals surface area contributed by atoms with Crippen LogP contribution in [0.3, 0.4) is 0 Å². The van der Waals surface area contributed by atoms with Crippen LogP contribution in [0, 0.1) is 0 Å². The van der Waals surface area contributed by atoms with Crippen molar-refractivity contribution in [2.45, 2.75) is 0 Å². The van der Waals surface area contributed by atoms with Crippen LogP contribution in [0.5, 0.6) is 0 Å². The number of aromatic amines is 1. The zero-order chi connectivity index (χ0) is 13.2. The van der Waals surface area contributed by atoms with E-state index in [0.29, 0.717) is 16.5 Å². The minimum absolute atomic E-state index is 0.592. The van der Waals surface area contributed by atoms with Crippen molar-refractivity contribution < 1.29 is 0 Å². The number of rotatable bonds is 2. The predicted molar refractivity (Wildman–Crippen MR) is 78.9 cm³/mol. The van der Waals surface area contributed by atoms with Crippen molar-refractivity contribution in [1.29, 1.82) is 0 Å². The number of hydrogen-bond donors (Lipinski definition) is 2. The lowest BCUT2D eigenvalue weighted by molar-refractivity contribution is 1.31. The fraction of sp³-hybridized carbons (Fsp3) is 0. The summed E-state index contributed by atoms with van der Waals surface area (Å²) in [6.07, 6.45) is 1.79. The smallest absolute Gasteiger partial charge is 0.141 e. The zero-order valence-corrected chi connectivity index (χ0v) is 10.9. The molecule has 0 spiro atoms. The summed E-state index contributed by atoms with van der Waals surface area (Å²) < 4.78 is 0. The highest BCUT2D eigenvalue weighted by Crippen LogP contribution is 2.32. The van der Waals surface area contributed by atoms with Gasteiger partial charge in [0.15, 0.2) is 0 Å². The van der Waals surface area contributed by atoms with Gasteiger partial charge in [-0.3, -0.25) is 0 Å². The van der Waals surface area contributed by atoms with Crippen molar-refractivity contribution >= 4 is 17.3 Å². The van der Waals surface area contributed by atoms with E-state index < -0.39 is 0 Å². The summed E-state index contributed by atoms with van der Waals surface area (Å²) in [6.45, 7) is 0. The highest BCUT2D eigenvalue weighted by Gasteiger charge is 2.11. The van der Waals surface area contributed by atoms with Crippen molar-refractivity contribution in [2.75, 3.05) is 5.73 Å². The van der Waals surface area contributed by atoms with Gasteiger partial charge < -0.3 is 10.7 Å². The third-order valence-corrected chi connectivity index (χ3v) is 3.26. The second kappa shape index (κ2) is 4.78. The van der Waals surface area contributed by atoms with Gasteiger partial charge in [-0.05, 0) is 17.7 Å². The van der Waals surface area contributed by atoms with Gasteiger partial charge in [0, 0.05) is 5.69 Å². The summed E-state index contributed by atoms with van der Waals surface area (Å²) in [5, 5.41) is 0.592. The molecule has 3 nitrogen and oxygen atoms in total. The van der Waals surface area contributed by atoms with Crippen molar-refractivity contribution in [2.24, 2.45) is 0 Å². The maximum atomic E-state index is 6.18. The Balaban J connectivity index is 2.07. The first-order valence-electron chi connectivity index (χ1n) is 5.90. The fourth-order valence-electron chi connectivity index (χ4n) is 2.00. The summed E-state index contributed by atoms with van der Waals surface area (Å²) in [7, 11) is 0. The van der Waals surface area contributed by atoms with E-state index in [-0.39, 0.29) is 0 Å². The molecule has 0 aliphatic rings. The Bertz CT molecular complexity index is 684. The van der Waals surface area contributed by atoms with Gasteiger partial charge in [-0.15, -0.1) is 0 Å². The van der Waals surface area contributed by atoms with Crippen molar-refractivity contribution in [3.8, 4) is 22.6 Å². The molecule has 4 heteroatoms. The molecule has 0 atom stereocenters. The summed E-state index contributed by atoms with van der Waals surface area (Å²) in [4.78, 5) is 7.62. The van der Waals surface area contributed by atoms with Crippen LogP contribution in [-0.2, 0) is 0 Å². The van der Waals surface area contributed by atoms with Crippen LogP contribution in [0.2, 0.25) is 5.02 Å². The summed E-state index contributed by atoms with van der Waals surface area (Å²) in [5.74, 6) is 0.682. The second-order valence-corrected chi connectivity index (χ2v) is 4.62. The van der Waals surface area contributed by atoms with Gasteiger partial charge in [-0.1, -0.05) is 48.0 Å². The van der Waals surface area contributed by atoms with Gasteiger partial charge in [0.1, 0.15) is 5.82 Å². The number of H-pyrrole nitrogens is 1.